The van der Waals surface area contributed by atoms with Gasteiger partial charge in [-0.25, -0.2) is 4.98 Å². The second kappa shape index (κ2) is 6.93. The quantitative estimate of drug-likeness (QED) is 0.666. The van der Waals surface area contributed by atoms with Crippen LogP contribution >= 0.6 is 23.5 Å². The lowest BCUT2D eigenvalue weighted by Crippen LogP contribution is -2.48. The highest BCUT2D eigenvalue weighted by Gasteiger charge is 2.36. The van der Waals surface area contributed by atoms with E-state index in [4.69, 9.17) is 0 Å². The van der Waals surface area contributed by atoms with Crippen molar-refractivity contribution >= 4 is 35.1 Å². The van der Waals surface area contributed by atoms with E-state index in [0.717, 1.165) is 10.6 Å². The molecule has 0 bridgehead atoms. The SMILES string of the molecule is O=C(CSc1nccc(=O)[nH]1)N1c2ccccc2SC2C=CC=CC21. The lowest BCUT2D eigenvalue weighted by atomic mass is 10.0. The van der Waals surface area contributed by atoms with Crippen molar-refractivity contribution in [2.24, 2.45) is 0 Å². The molecule has 0 saturated carbocycles. The predicted molar refractivity (Wildman–Crippen MR) is 101 cm³/mol. The molecule has 2 atom stereocenters. The van der Waals surface area contributed by atoms with E-state index in [2.05, 4.69) is 22.1 Å². The summed E-state index contributed by atoms with van der Waals surface area (Å²) in [5, 5.41) is 0.666. The fourth-order valence-corrected chi connectivity index (χ4v) is 4.87. The van der Waals surface area contributed by atoms with Gasteiger partial charge in [0.05, 0.1) is 22.7 Å². The number of benzene rings is 1. The molecule has 0 saturated heterocycles. The summed E-state index contributed by atoms with van der Waals surface area (Å²) < 4.78 is 0. The molecule has 126 valence electrons. The molecule has 5 nitrogen and oxygen atoms in total. The molecular formula is C18H15N3O2S2. The van der Waals surface area contributed by atoms with Gasteiger partial charge in [0.25, 0.3) is 5.56 Å². The Morgan fingerprint density at radius 1 is 1.24 bits per heavy atom. The molecule has 4 rings (SSSR count). The molecule has 0 radical (unpaired) electrons. The van der Waals surface area contributed by atoms with Gasteiger partial charge in [-0.05, 0) is 12.1 Å². The van der Waals surface area contributed by atoms with E-state index >= 15 is 0 Å². The summed E-state index contributed by atoms with van der Waals surface area (Å²) in [6, 6.07) is 9.33. The van der Waals surface area contributed by atoms with Gasteiger partial charge in [0.1, 0.15) is 0 Å². The van der Waals surface area contributed by atoms with Crippen LogP contribution in [0.2, 0.25) is 0 Å². The van der Waals surface area contributed by atoms with E-state index in [9.17, 15) is 9.59 Å². The van der Waals surface area contributed by atoms with Gasteiger partial charge in [0, 0.05) is 17.2 Å². The number of hydrogen-bond donors (Lipinski definition) is 1. The summed E-state index contributed by atoms with van der Waals surface area (Å²) in [7, 11) is 0. The minimum absolute atomic E-state index is 0.000724. The molecule has 2 heterocycles. The van der Waals surface area contributed by atoms with E-state index < -0.39 is 0 Å². The Hall–Kier alpha value is -2.25. The third-order valence-electron chi connectivity index (χ3n) is 3.99. The van der Waals surface area contributed by atoms with Crippen LogP contribution in [0.25, 0.3) is 0 Å². The minimum Gasteiger partial charge on any atom is -0.302 e. The molecule has 0 fully saturated rings. The maximum absolute atomic E-state index is 13.0. The molecule has 2 aliphatic rings. The summed E-state index contributed by atoms with van der Waals surface area (Å²) in [5.41, 5.74) is 0.721. The number of anilines is 1. The minimum atomic E-state index is -0.218. The molecule has 1 aromatic carbocycles. The Morgan fingerprint density at radius 2 is 2.08 bits per heavy atom. The number of allylic oxidation sites excluding steroid dienone is 2. The number of para-hydroxylation sites is 1. The van der Waals surface area contributed by atoms with E-state index in [1.165, 1.54) is 24.0 Å². The Bertz CT molecular complexity index is 922. The Morgan fingerprint density at radius 3 is 2.96 bits per heavy atom. The summed E-state index contributed by atoms with van der Waals surface area (Å²) in [6.07, 6.45) is 9.66. The van der Waals surface area contributed by atoms with Gasteiger partial charge in [-0.2, -0.15) is 0 Å². The molecule has 1 aliphatic carbocycles. The largest absolute Gasteiger partial charge is 0.302 e. The van der Waals surface area contributed by atoms with Crippen LogP contribution in [0.3, 0.4) is 0 Å². The number of fused-ring (bicyclic) bond motifs is 2. The second-order valence-corrected chi connectivity index (χ2v) is 7.79. The number of nitrogens with one attached hydrogen (secondary N) is 1. The maximum Gasteiger partial charge on any atom is 0.251 e. The Labute approximate surface area is 153 Å². The first kappa shape index (κ1) is 16.2. The van der Waals surface area contributed by atoms with Crippen molar-refractivity contribution in [1.29, 1.82) is 0 Å². The van der Waals surface area contributed by atoms with E-state index in [-0.39, 0.29) is 28.5 Å². The molecule has 2 aromatic rings. The number of nitrogens with zero attached hydrogens (tertiary/aromatic N) is 2. The smallest absolute Gasteiger partial charge is 0.251 e. The summed E-state index contributed by atoms with van der Waals surface area (Å²) >= 11 is 3.02. The van der Waals surface area contributed by atoms with Crippen molar-refractivity contribution in [3.05, 3.63) is 71.2 Å². The van der Waals surface area contributed by atoms with Gasteiger partial charge in [0.15, 0.2) is 5.16 Å². The van der Waals surface area contributed by atoms with E-state index in [0.29, 0.717) is 5.16 Å². The zero-order valence-corrected chi connectivity index (χ0v) is 14.8. The normalized spacial score (nSPS) is 20.9. The third kappa shape index (κ3) is 3.29. The molecule has 1 N–H and O–H groups in total. The number of aromatic amines is 1. The van der Waals surface area contributed by atoms with Gasteiger partial charge < -0.3 is 9.88 Å². The fourth-order valence-electron chi connectivity index (χ4n) is 2.91. The van der Waals surface area contributed by atoms with Crippen molar-refractivity contribution in [2.75, 3.05) is 10.7 Å². The number of carbonyl (C=O) groups is 1. The lowest BCUT2D eigenvalue weighted by molar-refractivity contribution is -0.116. The van der Waals surface area contributed by atoms with Crippen LogP contribution in [-0.2, 0) is 4.79 Å². The first-order valence-electron chi connectivity index (χ1n) is 7.83. The molecule has 7 heteroatoms. The average Bonchev–Trinajstić information content (AvgIpc) is 2.64. The van der Waals surface area contributed by atoms with E-state index in [1.54, 1.807) is 11.8 Å². The average molecular weight is 369 g/mol. The lowest BCUT2D eigenvalue weighted by Gasteiger charge is -2.40. The van der Waals surface area contributed by atoms with Crippen molar-refractivity contribution in [2.45, 2.75) is 21.3 Å². The van der Waals surface area contributed by atoms with Gasteiger partial charge in [-0.1, -0.05) is 48.2 Å². The van der Waals surface area contributed by atoms with Crippen LogP contribution in [0.15, 0.2) is 75.7 Å². The number of amides is 1. The highest BCUT2D eigenvalue weighted by atomic mass is 32.2. The van der Waals surface area contributed by atoms with E-state index in [1.807, 2.05) is 41.3 Å². The first-order valence-corrected chi connectivity index (χ1v) is 9.70. The van der Waals surface area contributed by atoms with Crippen molar-refractivity contribution in [3.8, 4) is 0 Å². The number of rotatable bonds is 3. The topological polar surface area (TPSA) is 66.1 Å². The first-order chi connectivity index (χ1) is 12.2. The number of thioether (sulfide) groups is 2. The van der Waals surface area contributed by atoms with Crippen LogP contribution in [0.5, 0.6) is 0 Å². The Kier molecular flexibility index (Phi) is 4.50. The maximum atomic E-state index is 13.0. The van der Waals surface area contributed by atoms with Gasteiger partial charge >= 0.3 is 0 Å². The van der Waals surface area contributed by atoms with Crippen molar-refractivity contribution < 1.29 is 4.79 Å². The molecule has 1 aliphatic heterocycles. The second-order valence-electron chi connectivity index (χ2n) is 5.60. The monoisotopic (exact) mass is 369 g/mol. The summed E-state index contributed by atoms with van der Waals surface area (Å²) in [5.74, 6) is 0.214. The Balaban J connectivity index is 1.60. The molecule has 1 amide bonds. The van der Waals surface area contributed by atoms with Crippen LogP contribution in [0.4, 0.5) is 5.69 Å². The van der Waals surface area contributed by atoms with Crippen molar-refractivity contribution in [1.82, 2.24) is 9.97 Å². The number of aromatic nitrogens is 2. The van der Waals surface area contributed by atoms with Crippen LogP contribution in [-0.4, -0.2) is 32.9 Å². The number of H-pyrrole nitrogens is 1. The highest BCUT2D eigenvalue weighted by molar-refractivity contribution is 8.00. The zero-order chi connectivity index (χ0) is 17.2. The van der Waals surface area contributed by atoms with Gasteiger partial charge in [-0.15, -0.1) is 11.8 Å². The van der Waals surface area contributed by atoms with Crippen molar-refractivity contribution in [3.63, 3.8) is 0 Å². The summed E-state index contributed by atoms with van der Waals surface area (Å²) in [6.45, 7) is 0. The van der Waals surface area contributed by atoms with Gasteiger partial charge in [0.2, 0.25) is 5.91 Å². The standard InChI is InChI=1S/C18H15N3O2S2/c22-16-9-10-19-18(20-16)24-11-17(23)21-12-5-1-3-7-14(12)25-15-8-4-2-6-13(15)21/h1-10,12,14H,11H2,(H,19,20,22). The van der Waals surface area contributed by atoms with Gasteiger partial charge in [-0.3, -0.25) is 9.59 Å². The van der Waals surface area contributed by atoms with Crippen LogP contribution in [0, 0.1) is 0 Å². The molecule has 25 heavy (non-hydrogen) atoms. The highest BCUT2D eigenvalue weighted by Crippen LogP contribution is 2.43. The van der Waals surface area contributed by atoms with Crippen LogP contribution < -0.4 is 10.5 Å². The summed E-state index contributed by atoms with van der Waals surface area (Å²) in [4.78, 5) is 34.1. The molecule has 1 aromatic heterocycles. The number of carbonyl (C=O) groups excluding carboxylic acids is 1. The molecule has 2 unspecified atom stereocenters. The predicted octanol–water partition coefficient (Wildman–Crippen LogP) is 2.86. The zero-order valence-electron chi connectivity index (χ0n) is 13.2. The fraction of sp³-hybridized carbons (Fsp3) is 0.167. The number of hydrogen-bond acceptors (Lipinski definition) is 5. The third-order valence-corrected chi connectivity index (χ3v) is 6.17. The van der Waals surface area contributed by atoms with Crippen LogP contribution in [0.1, 0.15) is 0 Å². The molecule has 0 spiro atoms. The molecular weight excluding hydrogens is 354 g/mol.